The van der Waals surface area contributed by atoms with Crippen LogP contribution in [-0.4, -0.2) is 81.8 Å². The fourth-order valence-electron chi connectivity index (χ4n) is 7.36. The van der Waals surface area contributed by atoms with E-state index in [0.717, 1.165) is 34.5 Å². The zero-order chi connectivity index (χ0) is 43.8. The second-order valence-corrected chi connectivity index (χ2v) is 19.4. The van der Waals surface area contributed by atoms with Gasteiger partial charge in [-0.1, -0.05) is 74.8 Å². The molecule has 4 amide bonds. The van der Waals surface area contributed by atoms with E-state index in [1.807, 2.05) is 51.9 Å². The molecule has 339 valence electrons. The third-order valence-corrected chi connectivity index (χ3v) is 12.2. The predicted molar refractivity (Wildman–Crippen MR) is 234 cm³/mol. The molecule has 1 unspecified atom stereocenters. The summed E-state index contributed by atoms with van der Waals surface area (Å²) in [6.07, 6.45) is 3.38. The number of thiazole rings is 1. The molecule has 1 aliphatic carbocycles. The normalized spacial score (nSPS) is 18.1. The fourth-order valence-corrected chi connectivity index (χ4v) is 8.45. The first-order valence-electron chi connectivity index (χ1n) is 20.8. The Bertz CT molecular complexity index is 1960. The molecule has 1 radical (unpaired) electrons. The molecule has 3 aromatic rings. The molecule has 0 bridgehead atoms. The third-order valence-electron chi connectivity index (χ3n) is 10.8. The monoisotopic (exact) mass is 1030 g/mol. The Morgan fingerprint density at radius 1 is 1.05 bits per heavy atom. The number of β-amino-alcohol motifs (C(OH)–C–C–N with tert-alkyl or cyclic N) is 1. The van der Waals surface area contributed by atoms with Crippen molar-refractivity contribution in [3.63, 3.8) is 0 Å². The minimum atomic E-state index is -0.788. The number of ether oxygens (including phenoxy) is 2. The van der Waals surface area contributed by atoms with Crippen molar-refractivity contribution in [1.29, 1.82) is 0 Å². The van der Waals surface area contributed by atoms with Crippen molar-refractivity contribution < 1.29 is 71.5 Å². The number of aryl methyl sites for hydroxylation is 2. The number of carbonyl (C=O) groups is 4. The first-order chi connectivity index (χ1) is 28.2. The summed E-state index contributed by atoms with van der Waals surface area (Å²) in [4.78, 5) is 58.7. The van der Waals surface area contributed by atoms with Gasteiger partial charge in [0, 0.05) is 62.7 Å². The van der Waals surface area contributed by atoms with Crippen LogP contribution in [0.15, 0.2) is 48.0 Å². The smallest absolute Gasteiger partial charge is 0.407 e. The molecule has 1 saturated carbocycles. The van der Waals surface area contributed by atoms with Gasteiger partial charge in [0.05, 0.1) is 33.3 Å². The SMILES string of the molecule is Cc1ncsc1-c1ccc(C2(N[CH-][C@@H]3C[C@@H](O)CN3C(=O)C(NC(=O)CCCCc3cccc(OC[C@H](CCC(N)=O)NC(=O)OC(C)(C)C)c3Cl)C(C)(C)C)CC2)cc1.[Ho]. The second kappa shape index (κ2) is 22.1. The van der Waals surface area contributed by atoms with Crippen LogP contribution >= 0.6 is 22.9 Å². The zero-order valence-electron chi connectivity index (χ0n) is 36.2. The number of aromatic nitrogens is 1. The van der Waals surface area contributed by atoms with E-state index in [4.69, 9.17) is 26.8 Å². The number of amides is 4. The van der Waals surface area contributed by atoms with E-state index in [1.54, 1.807) is 43.1 Å². The summed E-state index contributed by atoms with van der Waals surface area (Å²) >= 11 is 8.37. The maximum Gasteiger partial charge on any atom is 0.407 e. The van der Waals surface area contributed by atoms with E-state index in [0.29, 0.717) is 36.5 Å². The van der Waals surface area contributed by atoms with Crippen LogP contribution in [0.2, 0.25) is 5.02 Å². The molecular formula is C45H62ClHoN6O7S-. The van der Waals surface area contributed by atoms with Gasteiger partial charge in [0.1, 0.15) is 24.0 Å². The average molecular weight is 1030 g/mol. The van der Waals surface area contributed by atoms with Crippen LogP contribution < -0.4 is 26.4 Å². The number of nitrogens with two attached hydrogens (primary N) is 1. The number of aliphatic hydroxyl groups is 1. The van der Waals surface area contributed by atoms with Crippen LogP contribution in [0.1, 0.15) is 110 Å². The van der Waals surface area contributed by atoms with Gasteiger partial charge in [-0.2, -0.15) is 0 Å². The molecule has 1 saturated heterocycles. The number of likely N-dealkylation sites (tertiary alicyclic amines) is 1. The van der Waals surface area contributed by atoms with Crippen LogP contribution in [0.3, 0.4) is 0 Å². The van der Waals surface area contributed by atoms with Crippen LogP contribution in [-0.2, 0) is 31.1 Å². The molecule has 13 nitrogen and oxygen atoms in total. The zero-order valence-corrected chi connectivity index (χ0v) is 39.7. The van der Waals surface area contributed by atoms with Crippen LogP contribution in [0.4, 0.5) is 4.79 Å². The number of hydrogen-bond acceptors (Lipinski definition) is 10. The maximum absolute atomic E-state index is 14.2. The van der Waals surface area contributed by atoms with Crippen molar-refractivity contribution in [3.8, 4) is 16.2 Å². The Hall–Kier alpha value is -2.98. The van der Waals surface area contributed by atoms with Gasteiger partial charge >= 0.3 is 6.09 Å². The molecule has 6 N–H and O–H groups in total. The van der Waals surface area contributed by atoms with Crippen molar-refractivity contribution in [2.45, 2.75) is 142 Å². The van der Waals surface area contributed by atoms with Crippen molar-refractivity contribution in [3.05, 3.63) is 76.4 Å². The Labute approximate surface area is 399 Å². The number of nitrogens with zero attached hydrogens (tertiary/aromatic N) is 2. The van der Waals surface area contributed by atoms with Crippen molar-refractivity contribution in [2.75, 3.05) is 13.2 Å². The molecule has 2 heterocycles. The Morgan fingerprint density at radius 2 is 1.75 bits per heavy atom. The number of halogens is 1. The summed E-state index contributed by atoms with van der Waals surface area (Å²) in [5.41, 5.74) is 9.90. The van der Waals surface area contributed by atoms with E-state index < -0.39 is 41.2 Å². The van der Waals surface area contributed by atoms with Crippen LogP contribution in [0, 0.1) is 56.6 Å². The van der Waals surface area contributed by atoms with Gasteiger partial charge < -0.3 is 41.2 Å². The largest absolute Gasteiger partial charge is 0.490 e. The summed E-state index contributed by atoms with van der Waals surface area (Å²) in [6.45, 7) is 15.3. The molecular weight excluding hydrogens is 969 g/mol. The van der Waals surface area contributed by atoms with Gasteiger partial charge in [-0.3, -0.25) is 14.4 Å². The van der Waals surface area contributed by atoms with E-state index >= 15 is 0 Å². The summed E-state index contributed by atoms with van der Waals surface area (Å²) in [6, 6.07) is 12.4. The molecule has 1 aliphatic heterocycles. The van der Waals surface area contributed by atoms with Crippen molar-refractivity contribution in [1.82, 2.24) is 25.8 Å². The number of unbranched alkanes of at least 4 members (excludes halogenated alkanes) is 1. The number of nitrogens with one attached hydrogen (secondary N) is 3. The number of alkyl carbamates (subject to hydrolysis) is 1. The molecule has 61 heavy (non-hydrogen) atoms. The van der Waals surface area contributed by atoms with Gasteiger partial charge in [0.2, 0.25) is 17.7 Å². The molecule has 0 spiro atoms. The topological polar surface area (TPSA) is 185 Å². The van der Waals surface area contributed by atoms with Gasteiger partial charge in [0.25, 0.3) is 0 Å². The summed E-state index contributed by atoms with van der Waals surface area (Å²) in [7, 11) is 0. The summed E-state index contributed by atoms with van der Waals surface area (Å²) in [5, 5.41) is 20.6. The fraction of sp³-hybridized carbons (Fsp3) is 0.556. The van der Waals surface area contributed by atoms with Crippen molar-refractivity contribution in [2.24, 2.45) is 11.1 Å². The minimum absolute atomic E-state index is 0. The van der Waals surface area contributed by atoms with E-state index in [1.165, 1.54) is 5.56 Å². The molecule has 5 rings (SSSR count). The Morgan fingerprint density at radius 3 is 2.36 bits per heavy atom. The van der Waals surface area contributed by atoms with Crippen LogP contribution in [0.5, 0.6) is 5.75 Å². The Kier molecular flexibility index (Phi) is 18.3. The van der Waals surface area contributed by atoms with Crippen molar-refractivity contribution >= 4 is 46.8 Å². The predicted octanol–water partition coefficient (Wildman–Crippen LogP) is 6.96. The van der Waals surface area contributed by atoms with E-state index in [9.17, 15) is 24.3 Å². The van der Waals surface area contributed by atoms with Crippen LogP contribution in [0.25, 0.3) is 10.4 Å². The van der Waals surface area contributed by atoms with Gasteiger partial charge in [0.15, 0.2) is 0 Å². The number of carbonyl (C=O) groups excluding carboxylic acids is 4. The third kappa shape index (κ3) is 14.8. The molecule has 2 aliphatic rings. The van der Waals surface area contributed by atoms with E-state index in [2.05, 4.69) is 45.2 Å². The number of aliphatic hydroxyl groups excluding tert-OH is 1. The number of benzene rings is 2. The van der Waals surface area contributed by atoms with Gasteiger partial charge in [-0.15, -0.1) is 11.3 Å². The minimum Gasteiger partial charge on any atom is -0.490 e. The van der Waals surface area contributed by atoms with Gasteiger partial charge in [-0.25, -0.2) is 16.3 Å². The first kappa shape index (κ1) is 50.7. The molecule has 1 aromatic heterocycles. The van der Waals surface area contributed by atoms with Gasteiger partial charge in [-0.05, 0) is 101 Å². The maximum atomic E-state index is 14.2. The number of primary amides is 1. The summed E-state index contributed by atoms with van der Waals surface area (Å²) in [5.74, 6) is -0.509. The quantitative estimate of drug-likeness (QED) is 0.0482. The average Bonchev–Trinajstić information content (AvgIpc) is 3.69. The standard InChI is InChI=1S/C45H62ClN6O7S.Ho/c1-28-39(60-27-48-28)30-15-17-31(18-16-30)45(21-22-45)49-24-33-23-34(53)25-52(33)41(56)40(43(2,3)4)51-37(55)14-9-8-11-29-12-10-13-35(38(29)46)58-26-32(19-20-36(47)54)50-42(57)59-44(5,6)7;/h10,12-13,15-18,24,27,32-34,40,49,53H,8-9,11,14,19-23,25-26H2,1-7H3,(H2,47,54)(H,50,57)(H,51,55);/q-1;/t32-,33-,34+,40?;/m0./s1. The molecule has 16 heteroatoms. The number of hydrogen-bond donors (Lipinski definition) is 5. The summed E-state index contributed by atoms with van der Waals surface area (Å²) < 4.78 is 11.4. The molecule has 4 atom stereocenters. The molecule has 2 fully saturated rings. The molecule has 2 aromatic carbocycles. The second-order valence-electron chi connectivity index (χ2n) is 18.1. The Balaban J connectivity index is 0.00000819. The first-order valence-corrected chi connectivity index (χ1v) is 22.1. The number of rotatable bonds is 19. The van der Waals surface area contributed by atoms with E-state index in [-0.39, 0.29) is 93.5 Å².